The Bertz CT molecular complexity index is 652. The minimum Gasteiger partial charge on any atom is -0.497 e. The molecule has 1 aromatic carbocycles. The van der Waals surface area contributed by atoms with E-state index in [4.69, 9.17) is 9.47 Å². The number of aryl methyl sites for hydroxylation is 1. The number of benzene rings is 1. The molecule has 1 aromatic heterocycles. The molecular weight excluding hydrogens is 322 g/mol. The zero-order valence-electron chi connectivity index (χ0n) is 14.5. The maximum absolute atomic E-state index is 5.36. The van der Waals surface area contributed by atoms with E-state index in [0.717, 1.165) is 43.4 Å². The number of methoxy groups -OCH3 is 2. The molecule has 0 unspecified atom stereocenters. The van der Waals surface area contributed by atoms with Crippen LogP contribution in [0.5, 0.6) is 11.5 Å². The first-order valence-electron chi connectivity index (χ1n) is 8.24. The largest absolute Gasteiger partial charge is 0.497 e. The summed E-state index contributed by atoms with van der Waals surface area (Å²) < 4.78 is 10.7. The van der Waals surface area contributed by atoms with Crippen molar-refractivity contribution >= 4 is 11.3 Å². The number of likely N-dealkylation sites (tertiary alicyclic amines) is 1. The summed E-state index contributed by atoms with van der Waals surface area (Å²) in [6.45, 7) is 6.09. The summed E-state index contributed by atoms with van der Waals surface area (Å²) in [5, 5.41) is 3.67. The quantitative estimate of drug-likeness (QED) is 0.834. The summed E-state index contributed by atoms with van der Waals surface area (Å²) in [7, 11) is 3.38. The molecule has 1 atom stereocenters. The summed E-state index contributed by atoms with van der Waals surface area (Å²) in [5.74, 6) is 1.69. The number of ether oxygens (including phenoxy) is 2. The highest BCUT2D eigenvalue weighted by molar-refractivity contribution is 7.09. The molecule has 0 saturated carbocycles. The second kappa shape index (κ2) is 7.96. The van der Waals surface area contributed by atoms with Crippen LogP contribution >= 0.6 is 11.3 Å². The smallest absolute Gasteiger partial charge is 0.122 e. The lowest BCUT2D eigenvalue weighted by Gasteiger charge is -2.18. The van der Waals surface area contributed by atoms with Gasteiger partial charge in [-0.3, -0.25) is 4.90 Å². The van der Waals surface area contributed by atoms with Crippen LogP contribution in [0.1, 0.15) is 22.6 Å². The third-order valence-corrected chi connectivity index (χ3v) is 5.42. The zero-order valence-corrected chi connectivity index (χ0v) is 15.4. The molecule has 1 saturated heterocycles. The molecule has 2 aromatic rings. The summed E-state index contributed by atoms with van der Waals surface area (Å²) in [5.41, 5.74) is 4.29. The number of hydrogen-bond acceptors (Lipinski definition) is 6. The van der Waals surface area contributed by atoms with Crippen LogP contribution in [0.3, 0.4) is 0 Å². The normalized spacial score (nSPS) is 18.0. The van der Waals surface area contributed by atoms with Crippen molar-refractivity contribution < 1.29 is 9.47 Å². The Balaban J connectivity index is 1.53. The molecule has 0 aliphatic carbocycles. The third kappa shape index (κ3) is 4.26. The molecule has 1 aliphatic heterocycles. The Morgan fingerprint density at radius 3 is 2.62 bits per heavy atom. The van der Waals surface area contributed by atoms with Crippen molar-refractivity contribution in [2.45, 2.75) is 32.5 Å². The predicted octanol–water partition coefficient (Wildman–Crippen LogP) is 2.83. The summed E-state index contributed by atoms with van der Waals surface area (Å²) in [6, 6.07) is 6.63. The van der Waals surface area contributed by atoms with Gasteiger partial charge in [0.2, 0.25) is 0 Å². The van der Waals surface area contributed by atoms with Crippen molar-refractivity contribution in [3.8, 4) is 11.5 Å². The number of thiazole rings is 1. The van der Waals surface area contributed by atoms with Crippen molar-refractivity contribution in [2.75, 3.05) is 27.3 Å². The SMILES string of the molecule is COc1cc(CN2CC[C@H](NCc3scnc3C)C2)cc(OC)c1. The van der Waals surface area contributed by atoms with Gasteiger partial charge < -0.3 is 14.8 Å². The van der Waals surface area contributed by atoms with Crippen molar-refractivity contribution in [3.63, 3.8) is 0 Å². The Kier molecular flexibility index (Phi) is 5.71. The van der Waals surface area contributed by atoms with Gasteiger partial charge in [-0.2, -0.15) is 0 Å². The average molecular weight is 347 g/mol. The highest BCUT2D eigenvalue weighted by atomic mass is 32.1. The molecule has 130 valence electrons. The lowest BCUT2D eigenvalue weighted by atomic mass is 10.2. The van der Waals surface area contributed by atoms with E-state index in [1.165, 1.54) is 16.9 Å². The van der Waals surface area contributed by atoms with Crippen LogP contribution in [-0.4, -0.2) is 43.2 Å². The van der Waals surface area contributed by atoms with Crippen molar-refractivity contribution in [1.82, 2.24) is 15.2 Å². The van der Waals surface area contributed by atoms with E-state index in [1.807, 2.05) is 11.6 Å². The van der Waals surface area contributed by atoms with Gasteiger partial charge >= 0.3 is 0 Å². The maximum atomic E-state index is 5.36. The van der Waals surface area contributed by atoms with Gasteiger partial charge in [-0.1, -0.05) is 0 Å². The molecular formula is C18H25N3O2S. The van der Waals surface area contributed by atoms with E-state index in [1.54, 1.807) is 25.6 Å². The van der Waals surface area contributed by atoms with Gasteiger partial charge in [0, 0.05) is 43.2 Å². The van der Waals surface area contributed by atoms with Crippen LogP contribution in [-0.2, 0) is 13.1 Å². The summed E-state index contributed by atoms with van der Waals surface area (Å²) >= 11 is 1.73. The molecule has 1 aliphatic rings. The van der Waals surface area contributed by atoms with Crippen LogP contribution in [0.25, 0.3) is 0 Å². The molecule has 3 rings (SSSR count). The Morgan fingerprint density at radius 1 is 1.25 bits per heavy atom. The fraction of sp³-hybridized carbons (Fsp3) is 0.500. The highest BCUT2D eigenvalue weighted by Gasteiger charge is 2.22. The molecule has 0 amide bonds. The molecule has 0 bridgehead atoms. The van der Waals surface area contributed by atoms with Gasteiger partial charge in [-0.05, 0) is 31.0 Å². The van der Waals surface area contributed by atoms with Gasteiger partial charge in [0.25, 0.3) is 0 Å². The lowest BCUT2D eigenvalue weighted by molar-refractivity contribution is 0.317. The second-order valence-electron chi connectivity index (χ2n) is 6.18. The average Bonchev–Trinajstić information content (AvgIpc) is 3.21. The van der Waals surface area contributed by atoms with E-state index >= 15 is 0 Å². The topological polar surface area (TPSA) is 46.6 Å². The van der Waals surface area contributed by atoms with Crippen LogP contribution in [0.15, 0.2) is 23.7 Å². The molecule has 6 heteroatoms. The fourth-order valence-electron chi connectivity index (χ4n) is 3.09. The van der Waals surface area contributed by atoms with Crippen LogP contribution in [0.4, 0.5) is 0 Å². The summed E-state index contributed by atoms with van der Waals surface area (Å²) in [4.78, 5) is 8.13. The molecule has 2 heterocycles. The van der Waals surface area contributed by atoms with Crippen LogP contribution in [0.2, 0.25) is 0 Å². The Hall–Kier alpha value is -1.63. The number of hydrogen-bond donors (Lipinski definition) is 1. The number of aromatic nitrogens is 1. The van der Waals surface area contributed by atoms with E-state index in [0.29, 0.717) is 6.04 Å². The standard InChI is InChI=1S/C18H25N3O2S/c1-13-18(24-12-20-13)9-19-15-4-5-21(11-15)10-14-6-16(22-2)8-17(7-14)23-3/h6-8,12,15,19H,4-5,9-11H2,1-3H3/t15-/m0/s1. The van der Waals surface area contributed by atoms with Crippen molar-refractivity contribution in [2.24, 2.45) is 0 Å². The van der Waals surface area contributed by atoms with E-state index in [-0.39, 0.29) is 0 Å². The molecule has 0 spiro atoms. The first-order chi connectivity index (χ1) is 11.7. The van der Waals surface area contributed by atoms with Crippen LogP contribution < -0.4 is 14.8 Å². The van der Waals surface area contributed by atoms with Crippen molar-refractivity contribution in [3.05, 3.63) is 39.8 Å². The minimum absolute atomic E-state index is 0.541. The maximum Gasteiger partial charge on any atom is 0.122 e. The third-order valence-electron chi connectivity index (χ3n) is 4.49. The number of rotatable bonds is 7. The first kappa shape index (κ1) is 17.2. The molecule has 24 heavy (non-hydrogen) atoms. The van der Waals surface area contributed by atoms with Crippen LogP contribution in [0, 0.1) is 6.92 Å². The second-order valence-corrected chi connectivity index (χ2v) is 7.12. The minimum atomic E-state index is 0.541. The van der Waals surface area contributed by atoms with E-state index in [2.05, 4.69) is 34.3 Å². The van der Waals surface area contributed by atoms with Crippen molar-refractivity contribution in [1.29, 1.82) is 0 Å². The van der Waals surface area contributed by atoms with Gasteiger partial charge in [0.15, 0.2) is 0 Å². The fourth-order valence-corrected chi connectivity index (χ4v) is 3.82. The van der Waals surface area contributed by atoms with Gasteiger partial charge in [-0.15, -0.1) is 11.3 Å². The number of nitrogens with one attached hydrogen (secondary N) is 1. The van der Waals surface area contributed by atoms with E-state index in [9.17, 15) is 0 Å². The molecule has 5 nitrogen and oxygen atoms in total. The summed E-state index contributed by atoms with van der Waals surface area (Å²) in [6.07, 6.45) is 1.18. The molecule has 1 fully saturated rings. The zero-order chi connectivity index (χ0) is 16.9. The first-order valence-corrected chi connectivity index (χ1v) is 9.12. The van der Waals surface area contributed by atoms with Gasteiger partial charge in [-0.25, -0.2) is 4.98 Å². The predicted molar refractivity (Wildman–Crippen MR) is 96.9 cm³/mol. The Labute approximate surface area is 147 Å². The highest BCUT2D eigenvalue weighted by Crippen LogP contribution is 2.24. The lowest BCUT2D eigenvalue weighted by Crippen LogP contribution is -2.31. The molecule has 0 radical (unpaired) electrons. The monoisotopic (exact) mass is 347 g/mol. The molecule has 1 N–H and O–H groups in total. The Morgan fingerprint density at radius 2 is 2.00 bits per heavy atom. The number of nitrogens with zero attached hydrogens (tertiary/aromatic N) is 2. The van der Waals surface area contributed by atoms with E-state index < -0.39 is 0 Å². The van der Waals surface area contributed by atoms with Gasteiger partial charge in [0.05, 0.1) is 25.4 Å². The van der Waals surface area contributed by atoms with Gasteiger partial charge in [0.1, 0.15) is 11.5 Å².